The van der Waals surface area contributed by atoms with Crippen molar-refractivity contribution in [3.63, 3.8) is 0 Å². The molecule has 1 aromatic carbocycles. The largest absolute Gasteiger partial charge is 0.328 e. The van der Waals surface area contributed by atoms with E-state index in [0.29, 0.717) is 12.1 Å². The molecule has 2 nitrogen and oxygen atoms in total. The van der Waals surface area contributed by atoms with Crippen LogP contribution in [0.25, 0.3) is 0 Å². The van der Waals surface area contributed by atoms with Gasteiger partial charge in [-0.25, -0.2) is 0 Å². The molecule has 0 saturated carbocycles. The highest BCUT2D eigenvalue weighted by Crippen LogP contribution is 2.40. The van der Waals surface area contributed by atoms with Crippen LogP contribution in [0.2, 0.25) is 0 Å². The quantitative estimate of drug-likeness (QED) is 0.820. The Morgan fingerprint density at radius 3 is 2.81 bits per heavy atom. The molecule has 16 heavy (non-hydrogen) atoms. The van der Waals surface area contributed by atoms with Crippen LogP contribution in [0.3, 0.4) is 0 Å². The van der Waals surface area contributed by atoms with Gasteiger partial charge in [0.2, 0.25) is 0 Å². The summed E-state index contributed by atoms with van der Waals surface area (Å²) >= 11 is 0. The summed E-state index contributed by atoms with van der Waals surface area (Å²) in [6, 6.07) is 13.5. The molecular weight excluding hydrogens is 196 g/mol. The zero-order chi connectivity index (χ0) is 11.0. The molecule has 85 valence electrons. The van der Waals surface area contributed by atoms with Crippen molar-refractivity contribution in [2.24, 2.45) is 5.73 Å². The minimum atomic E-state index is 0.412. The highest BCUT2D eigenvalue weighted by atomic mass is 15.2. The fourth-order valence-corrected chi connectivity index (χ4v) is 3.11. The predicted octanol–water partition coefficient (Wildman–Crippen LogP) is 2.30. The molecule has 0 aromatic heterocycles. The van der Waals surface area contributed by atoms with E-state index in [0.717, 1.165) is 13.0 Å². The number of benzene rings is 1. The molecule has 2 saturated heterocycles. The summed E-state index contributed by atoms with van der Waals surface area (Å²) in [5.74, 6) is 0. The van der Waals surface area contributed by atoms with Crippen LogP contribution in [-0.2, 0) is 6.54 Å². The summed E-state index contributed by atoms with van der Waals surface area (Å²) in [7, 11) is 0. The SMILES string of the molecule is NC1C[C]2CCC(C1)N2Cc1ccccc1. The van der Waals surface area contributed by atoms with Gasteiger partial charge in [-0.1, -0.05) is 30.3 Å². The summed E-state index contributed by atoms with van der Waals surface area (Å²) in [5, 5.41) is 0. The molecule has 2 aliphatic rings. The lowest BCUT2D eigenvalue weighted by atomic mass is 9.97. The second kappa shape index (κ2) is 4.19. The number of fused-ring (bicyclic) bond motifs is 2. The maximum absolute atomic E-state index is 6.06. The monoisotopic (exact) mass is 215 g/mol. The lowest BCUT2D eigenvalue weighted by Crippen LogP contribution is -2.43. The fraction of sp³-hybridized carbons (Fsp3) is 0.500. The van der Waals surface area contributed by atoms with E-state index in [9.17, 15) is 0 Å². The summed E-state index contributed by atoms with van der Waals surface area (Å²) in [5.41, 5.74) is 7.48. The molecule has 2 bridgehead atoms. The van der Waals surface area contributed by atoms with E-state index >= 15 is 0 Å². The number of hydrogen-bond acceptors (Lipinski definition) is 2. The van der Waals surface area contributed by atoms with E-state index in [1.54, 1.807) is 6.04 Å². The third-order valence-electron chi connectivity index (χ3n) is 3.88. The maximum Gasteiger partial charge on any atom is 0.0415 e. The van der Waals surface area contributed by atoms with Crippen molar-refractivity contribution in [3.05, 3.63) is 41.9 Å². The van der Waals surface area contributed by atoms with Crippen LogP contribution in [0, 0.1) is 6.04 Å². The van der Waals surface area contributed by atoms with Crippen LogP contribution < -0.4 is 5.73 Å². The van der Waals surface area contributed by atoms with Gasteiger partial charge < -0.3 is 5.73 Å². The van der Waals surface area contributed by atoms with E-state index in [2.05, 4.69) is 35.2 Å². The Morgan fingerprint density at radius 1 is 1.25 bits per heavy atom. The number of nitrogens with two attached hydrogens (primary N) is 1. The van der Waals surface area contributed by atoms with Gasteiger partial charge in [-0.2, -0.15) is 0 Å². The summed E-state index contributed by atoms with van der Waals surface area (Å²) in [4.78, 5) is 2.60. The Bertz CT molecular complexity index is 335. The molecule has 2 heteroatoms. The molecule has 0 aliphatic carbocycles. The van der Waals surface area contributed by atoms with Crippen molar-refractivity contribution in [2.75, 3.05) is 0 Å². The van der Waals surface area contributed by atoms with Crippen molar-refractivity contribution in [2.45, 2.75) is 44.3 Å². The van der Waals surface area contributed by atoms with Gasteiger partial charge in [0.25, 0.3) is 0 Å². The minimum Gasteiger partial charge on any atom is -0.328 e. The van der Waals surface area contributed by atoms with E-state index in [1.807, 2.05) is 0 Å². The van der Waals surface area contributed by atoms with Gasteiger partial charge in [-0.15, -0.1) is 0 Å². The maximum atomic E-state index is 6.06. The molecule has 2 N–H and O–H groups in total. The topological polar surface area (TPSA) is 29.3 Å². The van der Waals surface area contributed by atoms with Gasteiger partial charge in [0.05, 0.1) is 0 Å². The second-order valence-electron chi connectivity index (χ2n) is 5.07. The first-order valence-corrected chi connectivity index (χ1v) is 6.24. The standard InChI is InChI=1S/C14H19N2/c15-12-8-13-6-7-14(9-12)16(13)10-11-4-2-1-3-5-11/h1-5,12-13H,6-10,15H2. The van der Waals surface area contributed by atoms with Gasteiger partial charge in [-0.05, 0) is 31.2 Å². The Hall–Kier alpha value is -0.860. The molecule has 2 fully saturated rings. The lowest BCUT2D eigenvalue weighted by Gasteiger charge is -2.37. The Balaban J connectivity index is 1.72. The molecule has 1 radical (unpaired) electrons. The van der Waals surface area contributed by atoms with Crippen LogP contribution in [-0.4, -0.2) is 17.0 Å². The molecule has 0 amide bonds. The van der Waals surface area contributed by atoms with Crippen LogP contribution in [0.4, 0.5) is 0 Å². The molecule has 3 rings (SSSR count). The second-order valence-corrected chi connectivity index (χ2v) is 5.07. The third-order valence-corrected chi connectivity index (χ3v) is 3.88. The molecule has 0 spiro atoms. The minimum absolute atomic E-state index is 0.412. The molecular formula is C14H19N2. The van der Waals surface area contributed by atoms with Crippen molar-refractivity contribution < 1.29 is 0 Å². The summed E-state index contributed by atoms with van der Waals surface area (Å²) in [6.45, 7) is 1.08. The first-order valence-electron chi connectivity index (χ1n) is 6.24. The molecule has 2 atom stereocenters. The zero-order valence-corrected chi connectivity index (χ0v) is 9.60. The van der Waals surface area contributed by atoms with E-state index in [-0.39, 0.29) is 0 Å². The predicted molar refractivity (Wildman–Crippen MR) is 65.5 cm³/mol. The normalized spacial score (nSPS) is 30.8. The van der Waals surface area contributed by atoms with Gasteiger partial charge >= 0.3 is 0 Å². The molecule has 1 aromatic rings. The van der Waals surface area contributed by atoms with Crippen molar-refractivity contribution in [3.8, 4) is 0 Å². The average Bonchev–Trinajstić information content (AvgIpc) is 2.54. The fourth-order valence-electron chi connectivity index (χ4n) is 3.11. The number of piperidine rings is 1. The van der Waals surface area contributed by atoms with E-state index in [1.165, 1.54) is 24.8 Å². The van der Waals surface area contributed by atoms with E-state index in [4.69, 9.17) is 5.73 Å². The smallest absolute Gasteiger partial charge is 0.0415 e. The lowest BCUT2D eigenvalue weighted by molar-refractivity contribution is 0.178. The van der Waals surface area contributed by atoms with E-state index < -0.39 is 0 Å². The number of hydrogen-bond donors (Lipinski definition) is 1. The third kappa shape index (κ3) is 1.87. The van der Waals surface area contributed by atoms with Crippen molar-refractivity contribution in [1.82, 2.24) is 4.90 Å². The highest BCUT2D eigenvalue weighted by molar-refractivity contribution is 5.17. The van der Waals surface area contributed by atoms with Gasteiger partial charge in [0.1, 0.15) is 0 Å². The van der Waals surface area contributed by atoms with Gasteiger partial charge in [0.15, 0.2) is 0 Å². The molecule has 2 heterocycles. The van der Waals surface area contributed by atoms with Crippen molar-refractivity contribution >= 4 is 0 Å². The Morgan fingerprint density at radius 2 is 2.06 bits per heavy atom. The van der Waals surface area contributed by atoms with Crippen LogP contribution in [0.5, 0.6) is 0 Å². The summed E-state index contributed by atoms with van der Waals surface area (Å²) in [6.07, 6.45) is 4.88. The first kappa shape index (κ1) is 10.3. The van der Waals surface area contributed by atoms with Crippen LogP contribution in [0.1, 0.15) is 31.2 Å². The van der Waals surface area contributed by atoms with Gasteiger partial charge in [0, 0.05) is 24.7 Å². The Labute approximate surface area is 97.4 Å². The van der Waals surface area contributed by atoms with Crippen LogP contribution in [0.15, 0.2) is 30.3 Å². The first-order chi connectivity index (χ1) is 7.83. The average molecular weight is 215 g/mol. The zero-order valence-electron chi connectivity index (χ0n) is 9.60. The summed E-state index contributed by atoms with van der Waals surface area (Å²) < 4.78 is 0. The van der Waals surface area contributed by atoms with Crippen molar-refractivity contribution in [1.29, 1.82) is 0 Å². The number of rotatable bonds is 2. The Kier molecular flexibility index (Phi) is 2.70. The molecule has 2 aliphatic heterocycles. The molecule has 2 unspecified atom stereocenters. The highest BCUT2D eigenvalue weighted by Gasteiger charge is 2.39. The van der Waals surface area contributed by atoms with Crippen LogP contribution >= 0.6 is 0 Å². The van der Waals surface area contributed by atoms with Gasteiger partial charge in [-0.3, -0.25) is 4.90 Å². The number of nitrogens with zero attached hydrogens (tertiary/aromatic N) is 1.